The first-order valence-corrected chi connectivity index (χ1v) is 20.2. The fourth-order valence-corrected chi connectivity index (χ4v) is 6.03. The van der Waals surface area contributed by atoms with E-state index in [9.17, 15) is 37.5 Å². The zero-order valence-electron chi connectivity index (χ0n) is 33.9. The summed E-state index contributed by atoms with van der Waals surface area (Å²) in [6, 6.07) is 5.76. The number of halogens is 2. The van der Waals surface area contributed by atoms with Crippen molar-refractivity contribution in [2.24, 2.45) is 23.1 Å². The summed E-state index contributed by atoms with van der Waals surface area (Å²) in [5.74, 6) is -1.80. The van der Waals surface area contributed by atoms with Crippen molar-refractivity contribution in [2.45, 2.75) is 127 Å². The van der Waals surface area contributed by atoms with Crippen LogP contribution in [0.2, 0.25) is 0 Å². The van der Waals surface area contributed by atoms with Crippen LogP contribution in [0.15, 0.2) is 30.3 Å². The molecule has 0 aromatic heterocycles. The van der Waals surface area contributed by atoms with Crippen molar-refractivity contribution >= 4 is 35.2 Å². The van der Waals surface area contributed by atoms with Gasteiger partial charge >= 0.3 is 0 Å². The van der Waals surface area contributed by atoms with Gasteiger partial charge in [0, 0.05) is 32.0 Å². The molecule has 0 radical (unpaired) electrons. The maximum Gasteiger partial charge on any atom is 0.165 e. The second kappa shape index (κ2) is 31.7. The molecule has 1 aromatic rings. The zero-order valence-corrected chi connectivity index (χ0v) is 33.9. The molecule has 0 fully saturated rings. The van der Waals surface area contributed by atoms with Crippen LogP contribution in [-0.2, 0) is 35.2 Å². The molecule has 0 spiro atoms. The van der Waals surface area contributed by atoms with Crippen LogP contribution in [0.1, 0.15) is 90.0 Å². The van der Waals surface area contributed by atoms with E-state index in [0.717, 1.165) is 31.1 Å². The Labute approximate surface area is 336 Å². The minimum absolute atomic E-state index is 0.0406. The highest BCUT2D eigenvalue weighted by atomic mass is 19.1. The van der Waals surface area contributed by atoms with Crippen LogP contribution in [-0.4, -0.2) is 118 Å². The fourth-order valence-electron chi connectivity index (χ4n) is 6.03. The molecule has 0 amide bonds. The third-order valence-corrected chi connectivity index (χ3v) is 9.24. The molecule has 6 atom stereocenters. The molecule has 1 aromatic carbocycles. The molecule has 17 heteroatoms. The number of rotatable bonds is 38. The summed E-state index contributed by atoms with van der Waals surface area (Å²) >= 11 is 0. The van der Waals surface area contributed by atoms with Gasteiger partial charge < -0.3 is 27.3 Å². The van der Waals surface area contributed by atoms with E-state index in [1.807, 2.05) is 44.2 Å². The van der Waals surface area contributed by atoms with Gasteiger partial charge in [-0.05, 0) is 63.1 Å². The monoisotopic (exact) mass is 810 g/mol. The van der Waals surface area contributed by atoms with E-state index in [0.29, 0.717) is 38.8 Å². The molecular weight excluding hydrogens is 740 g/mol. The van der Waals surface area contributed by atoms with Gasteiger partial charge in [-0.1, -0.05) is 57.0 Å². The van der Waals surface area contributed by atoms with Gasteiger partial charge in [0.25, 0.3) is 0 Å². The summed E-state index contributed by atoms with van der Waals surface area (Å²) in [6.45, 7) is 3.52. The van der Waals surface area contributed by atoms with Crippen LogP contribution in [0.25, 0.3) is 0 Å². The average Bonchev–Trinajstić information content (AvgIpc) is 3.17. The Morgan fingerprint density at radius 3 is 2.05 bits per heavy atom. The summed E-state index contributed by atoms with van der Waals surface area (Å²) in [5.41, 5.74) is 24.1. The Bertz CT molecular complexity index is 1310. The summed E-state index contributed by atoms with van der Waals surface area (Å²) in [7, 11) is 0. The van der Waals surface area contributed by atoms with Crippen LogP contribution in [0.4, 0.5) is 8.78 Å². The van der Waals surface area contributed by atoms with Crippen molar-refractivity contribution < 1.29 is 37.5 Å². The maximum absolute atomic E-state index is 15.0. The van der Waals surface area contributed by atoms with E-state index in [-0.39, 0.29) is 74.8 Å². The summed E-state index contributed by atoms with van der Waals surface area (Å²) < 4.78 is 27.4. The fraction of sp³-hybridized carbons (Fsp3) is 0.700. The minimum Gasteiger partial charge on any atom is -0.330 e. The number of benzene rings is 1. The van der Waals surface area contributed by atoms with Gasteiger partial charge in [0.05, 0.1) is 56.9 Å². The number of hydrazine groups is 1. The van der Waals surface area contributed by atoms with Crippen molar-refractivity contribution in [1.82, 2.24) is 32.1 Å². The van der Waals surface area contributed by atoms with E-state index < -0.39 is 61.7 Å². The minimum atomic E-state index is -1.71. The first-order chi connectivity index (χ1) is 27.3. The molecule has 1 rings (SSSR count). The molecular formula is C40H69F2N9O6. The smallest absolute Gasteiger partial charge is 0.165 e. The van der Waals surface area contributed by atoms with E-state index >= 15 is 0 Å². The lowest BCUT2D eigenvalue weighted by atomic mass is 9.97. The van der Waals surface area contributed by atoms with Gasteiger partial charge in [0.2, 0.25) is 0 Å². The lowest BCUT2D eigenvalue weighted by molar-refractivity contribution is -0.129. The number of carbonyl (C=O) groups excluding carboxylic acids is 6. The van der Waals surface area contributed by atoms with Gasteiger partial charge in [-0.3, -0.25) is 44.3 Å². The van der Waals surface area contributed by atoms with Gasteiger partial charge in [0.15, 0.2) is 29.4 Å². The number of hydrogen-bond acceptors (Lipinski definition) is 15. The van der Waals surface area contributed by atoms with Crippen molar-refractivity contribution in [3.05, 3.63) is 35.9 Å². The van der Waals surface area contributed by atoms with Gasteiger partial charge in [-0.2, -0.15) is 0 Å². The number of alkyl halides is 2. The van der Waals surface area contributed by atoms with Crippen molar-refractivity contribution in [2.75, 3.05) is 46.1 Å². The highest BCUT2D eigenvalue weighted by Gasteiger charge is 2.27. The van der Waals surface area contributed by atoms with Crippen LogP contribution in [0, 0.1) is 5.92 Å². The molecule has 0 heterocycles. The number of nitrogens with one attached hydrogen (secondary N) is 6. The first kappa shape index (κ1) is 51.8. The zero-order chi connectivity index (χ0) is 42.4. The molecule has 324 valence electrons. The molecule has 15 nitrogen and oxygen atoms in total. The predicted octanol–water partition coefficient (Wildman–Crippen LogP) is 0.615. The van der Waals surface area contributed by atoms with E-state index in [1.165, 1.54) is 0 Å². The van der Waals surface area contributed by atoms with Gasteiger partial charge in [-0.25, -0.2) is 15.2 Å². The second-order valence-corrected chi connectivity index (χ2v) is 14.9. The number of unbranched alkanes of at least 4 members (excludes halogenated alkanes) is 2. The number of ketones is 5. The Balaban J connectivity index is 2.72. The quantitative estimate of drug-likeness (QED) is 0.0111. The standard InChI is InChI=1S/C40H69F2N9O6/c1-28(2)18-35(50-51-36(19-29-10-4-3-5-11-29)39(57)25-46-23-32(53)14-15-41)38(56)22-33(54)24-47-40(42)21-30(45)20-37(55)34(13-7-9-17-44)49-27-48-31(26-52)12-6-8-16-43/h3-5,10-11,26,28,30-31,34-36,40,46-51H,6-9,12-25,27,43-45H2,1-2H3/t30?,31-,34-,35-,36-,40?/m0/s1. The average molecular weight is 810 g/mol. The van der Waals surface area contributed by atoms with E-state index in [2.05, 4.69) is 32.1 Å². The van der Waals surface area contributed by atoms with Crippen LogP contribution < -0.4 is 49.3 Å². The highest BCUT2D eigenvalue weighted by Crippen LogP contribution is 2.11. The molecule has 0 aliphatic carbocycles. The molecule has 0 saturated carbocycles. The second-order valence-electron chi connectivity index (χ2n) is 14.9. The molecule has 0 aliphatic rings. The number of aldehydes is 1. The first-order valence-electron chi connectivity index (χ1n) is 20.2. The summed E-state index contributed by atoms with van der Waals surface area (Å²) in [4.78, 5) is 75.6. The highest BCUT2D eigenvalue weighted by molar-refractivity contribution is 6.02. The number of carbonyl (C=O) groups is 6. The van der Waals surface area contributed by atoms with Gasteiger partial charge in [0.1, 0.15) is 12.1 Å². The normalized spacial score (nSPS) is 14.7. The lowest BCUT2D eigenvalue weighted by Gasteiger charge is -2.25. The largest absolute Gasteiger partial charge is 0.330 e. The SMILES string of the molecule is CC(C)C[C@H](NN[C@@H](Cc1ccccc1)C(=O)CNCC(=O)CCF)C(=O)CC(=O)CNC(F)CC(N)CC(=O)[C@H](CCCCN)NCN[C@H](C=O)CCCCN. The Kier molecular flexibility index (Phi) is 28.8. The predicted molar refractivity (Wildman–Crippen MR) is 217 cm³/mol. The molecule has 57 heavy (non-hydrogen) atoms. The maximum atomic E-state index is 15.0. The summed E-state index contributed by atoms with van der Waals surface area (Å²) in [5, 5.41) is 11.5. The van der Waals surface area contributed by atoms with Crippen LogP contribution >= 0.6 is 0 Å². The molecule has 0 bridgehead atoms. The van der Waals surface area contributed by atoms with Crippen molar-refractivity contribution in [1.29, 1.82) is 0 Å². The van der Waals surface area contributed by atoms with Crippen LogP contribution in [0.3, 0.4) is 0 Å². The molecule has 12 N–H and O–H groups in total. The third-order valence-electron chi connectivity index (χ3n) is 9.24. The molecule has 2 unspecified atom stereocenters. The van der Waals surface area contributed by atoms with E-state index in [1.54, 1.807) is 0 Å². The number of nitrogens with two attached hydrogens (primary N) is 3. The van der Waals surface area contributed by atoms with Crippen molar-refractivity contribution in [3.63, 3.8) is 0 Å². The van der Waals surface area contributed by atoms with Crippen LogP contribution in [0.5, 0.6) is 0 Å². The van der Waals surface area contributed by atoms with Crippen molar-refractivity contribution in [3.8, 4) is 0 Å². The molecule has 0 aliphatic heterocycles. The molecule has 0 saturated heterocycles. The van der Waals surface area contributed by atoms with Gasteiger partial charge in [-0.15, -0.1) is 0 Å². The Hall–Kier alpha value is -3.26. The number of hydrogen-bond donors (Lipinski definition) is 9. The topological polar surface area (TPSA) is 253 Å². The third kappa shape index (κ3) is 25.0. The van der Waals surface area contributed by atoms with E-state index in [4.69, 9.17) is 17.2 Å². The lowest BCUT2D eigenvalue weighted by Crippen LogP contribution is -2.55. The Morgan fingerprint density at radius 2 is 1.42 bits per heavy atom. The Morgan fingerprint density at radius 1 is 0.754 bits per heavy atom. The number of Topliss-reactive ketones (excluding diaryl/α,β-unsaturated/α-hetero) is 5. The summed E-state index contributed by atoms with van der Waals surface area (Å²) in [6.07, 6.45) is 2.78.